The van der Waals surface area contributed by atoms with Crippen LogP contribution in [0.3, 0.4) is 0 Å². The zero-order valence-electron chi connectivity index (χ0n) is 7.51. The SMILES string of the molecule is C1CC2(C1)CC(NC1CSC1)C2. The Morgan fingerprint density at radius 2 is 1.83 bits per heavy atom. The second kappa shape index (κ2) is 2.65. The first kappa shape index (κ1) is 7.69. The smallest absolute Gasteiger partial charge is 0.0251 e. The number of hydrogen-bond acceptors (Lipinski definition) is 2. The lowest BCUT2D eigenvalue weighted by Crippen LogP contribution is -2.57. The topological polar surface area (TPSA) is 12.0 Å². The second-order valence-electron chi connectivity index (χ2n) is 4.86. The van der Waals surface area contributed by atoms with Crippen LogP contribution in [0.25, 0.3) is 0 Å². The second-order valence-corrected chi connectivity index (χ2v) is 5.93. The molecule has 12 heavy (non-hydrogen) atoms. The maximum atomic E-state index is 3.76. The van der Waals surface area contributed by atoms with Gasteiger partial charge in [-0.2, -0.15) is 11.8 Å². The van der Waals surface area contributed by atoms with E-state index in [-0.39, 0.29) is 0 Å². The third kappa shape index (κ3) is 1.12. The highest BCUT2D eigenvalue weighted by Gasteiger charge is 2.48. The average Bonchev–Trinajstić information content (AvgIpc) is 1.76. The zero-order chi connectivity index (χ0) is 8.02. The predicted octanol–water partition coefficient (Wildman–Crippen LogP) is 2.02. The molecule has 1 heterocycles. The normalized spacial score (nSPS) is 34.0. The van der Waals surface area contributed by atoms with E-state index in [1.165, 1.54) is 43.6 Å². The highest BCUT2D eigenvalue weighted by molar-refractivity contribution is 8.00. The number of hydrogen-bond donors (Lipinski definition) is 1. The minimum Gasteiger partial charge on any atom is -0.310 e. The Balaban J connectivity index is 1.43. The van der Waals surface area contributed by atoms with Crippen molar-refractivity contribution in [2.45, 2.75) is 44.2 Å². The molecule has 1 spiro atoms. The van der Waals surface area contributed by atoms with E-state index in [4.69, 9.17) is 0 Å². The highest BCUT2D eigenvalue weighted by atomic mass is 32.2. The molecule has 3 fully saturated rings. The summed E-state index contributed by atoms with van der Waals surface area (Å²) in [6, 6.07) is 1.77. The van der Waals surface area contributed by atoms with E-state index in [9.17, 15) is 0 Å². The summed E-state index contributed by atoms with van der Waals surface area (Å²) in [6.07, 6.45) is 7.56. The number of thioether (sulfide) groups is 1. The van der Waals surface area contributed by atoms with Crippen LogP contribution in [0.4, 0.5) is 0 Å². The standard InChI is InChI=1S/C10H17NS/c1-2-10(3-1)4-8(5-10)11-9-6-12-7-9/h8-9,11H,1-7H2. The first-order valence-electron chi connectivity index (χ1n) is 5.20. The third-order valence-electron chi connectivity index (χ3n) is 3.88. The molecule has 0 atom stereocenters. The van der Waals surface area contributed by atoms with Crippen LogP contribution >= 0.6 is 11.8 Å². The number of rotatable bonds is 2. The molecule has 0 amide bonds. The molecule has 2 aliphatic carbocycles. The van der Waals surface area contributed by atoms with E-state index < -0.39 is 0 Å². The summed E-state index contributed by atoms with van der Waals surface area (Å²) in [6.45, 7) is 0. The lowest BCUT2D eigenvalue weighted by molar-refractivity contribution is -0.00473. The van der Waals surface area contributed by atoms with Crippen LogP contribution in [-0.4, -0.2) is 23.6 Å². The van der Waals surface area contributed by atoms with E-state index in [1.54, 1.807) is 0 Å². The van der Waals surface area contributed by atoms with Gasteiger partial charge in [-0.3, -0.25) is 0 Å². The van der Waals surface area contributed by atoms with Gasteiger partial charge in [0.05, 0.1) is 0 Å². The molecule has 1 N–H and O–H groups in total. The lowest BCUT2D eigenvalue weighted by atomic mass is 9.54. The van der Waals surface area contributed by atoms with E-state index in [0.717, 1.165) is 17.5 Å². The van der Waals surface area contributed by atoms with Crippen LogP contribution in [0.15, 0.2) is 0 Å². The highest BCUT2D eigenvalue weighted by Crippen LogP contribution is 2.55. The fourth-order valence-corrected chi connectivity index (χ4v) is 3.52. The first-order valence-corrected chi connectivity index (χ1v) is 6.36. The van der Waals surface area contributed by atoms with Gasteiger partial charge in [-0.05, 0) is 31.1 Å². The van der Waals surface area contributed by atoms with Crippen molar-refractivity contribution in [2.24, 2.45) is 5.41 Å². The largest absolute Gasteiger partial charge is 0.310 e. The third-order valence-corrected chi connectivity index (χ3v) is 5.16. The number of nitrogens with one attached hydrogen (secondary N) is 1. The summed E-state index contributed by atoms with van der Waals surface area (Å²) in [5, 5.41) is 3.76. The van der Waals surface area contributed by atoms with Gasteiger partial charge >= 0.3 is 0 Å². The molecule has 3 rings (SSSR count). The van der Waals surface area contributed by atoms with Gasteiger partial charge in [-0.25, -0.2) is 0 Å². The minimum absolute atomic E-state index is 0.856. The molecule has 1 aliphatic heterocycles. The minimum atomic E-state index is 0.856. The Kier molecular flexibility index (Phi) is 1.70. The maximum absolute atomic E-state index is 3.76. The van der Waals surface area contributed by atoms with Crippen molar-refractivity contribution in [3.05, 3.63) is 0 Å². The first-order chi connectivity index (χ1) is 5.86. The molecule has 1 saturated heterocycles. The molecule has 3 aliphatic rings. The van der Waals surface area contributed by atoms with Crippen molar-refractivity contribution in [3.8, 4) is 0 Å². The van der Waals surface area contributed by atoms with Gasteiger partial charge in [0.15, 0.2) is 0 Å². The molecule has 2 heteroatoms. The Labute approximate surface area is 78.7 Å². The van der Waals surface area contributed by atoms with Gasteiger partial charge in [0, 0.05) is 23.6 Å². The molecule has 2 saturated carbocycles. The molecule has 68 valence electrons. The molecule has 0 radical (unpaired) electrons. The predicted molar refractivity (Wildman–Crippen MR) is 53.6 cm³/mol. The van der Waals surface area contributed by atoms with Gasteiger partial charge in [0.1, 0.15) is 0 Å². The molecule has 0 aromatic carbocycles. The fraction of sp³-hybridized carbons (Fsp3) is 1.00. The van der Waals surface area contributed by atoms with Gasteiger partial charge < -0.3 is 5.32 Å². The van der Waals surface area contributed by atoms with Crippen molar-refractivity contribution in [2.75, 3.05) is 11.5 Å². The van der Waals surface area contributed by atoms with Crippen LogP contribution in [0, 0.1) is 5.41 Å². The van der Waals surface area contributed by atoms with Crippen molar-refractivity contribution >= 4 is 11.8 Å². The van der Waals surface area contributed by atoms with E-state index in [2.05, 4.69) is 17.1 Å². The quantitative estimate of drug-likeness (QED) is 0.703. The summed E-state index contributed by atoms with van der Waals surface area (Å²) < 4.78 is 0. The van der Waals surface area contributed by atoms with Crippen molar-refractivity contribution in [1.82, 2.24) is 5.32 Å². The van der Waals surface area contributed by atoms with Crippen molar-refractivity contribution in [3.63, 3.8) is 0 Å². The maximum Gasteiger partial charge on any atom is 0.0251 e. The summed E-state index contributed by atoms with van der Waals surface area (Å²) in [4.78, 5) is 0. The molecule has 1 nitrogen and oxygen atoms in total. The van der Waals surface area contributed by atoms with Crippen LogP contribution < -0.4 is 5.32 Å². The fourth-order valence-electron chi connectivity index (χ4n) is 2.85. The van der Waals surface area contributed by atoms with Crippen LogP contribution in [0.1, 0.15) is 32.1 Å². The van der Waals surface area contributed by atoms with Crippen LogP contribution in [0.5, 0.6) is 0 Å². The van der Waals surface area contributed by atoms with Gasteiger partial charge in [0.25, 0.3) is 0 Å². The molecule has 0 aromatic heterocycles. The summed E-state index contributed by atoms with van der Waals surface area (Å²) in [7, 11) is 0. The van der Waals surface area contributed by atoms with E-state index in [1.807, 2.05) is 0 Å². The molecule has 0 bridgehead atoms. The Bertz CT molecular complexity index is 174. The monoisotopic (exact) mass is 183 g/mol. The van der Waals surface area contributed by atoms with Crippen LogP contribution in [-0.2, 0) is 0 Å². The van der Waals surface area contributed by atoms with E-state index in [0.29, 0.717) is 0 Å². The Morgan fingerprint density at radius 1 is 1.08 bits per heavy atom. The Morgan fingerprint density at radius 3 is 2.25 bits per heavy atom. The van der Waals surface area contributed by atoms with Gasteiger partial charge in [-0.15, -0.1) is 0 Å². The molecule has 0 aromatic rings. The molecular weight excluding hydrogens is 166 g/mol. The molecule has 0 unspecified atom stereocenters. The zero-order valence-corrected chi connectivity index (χ0v) is 8.33. The van der Waals surface area contributed by atoms with Gasteiger partial charge in [-0.1, -0.05) is 6.42 Å². The molecular formula is C10H17NS. The summed E-state index contributed by atoms with van der Waals surface area (Å²) in [5.41, 5.74) is 0.856. The van der Waals surface area contributed by atoms with Crippen molar-refractivity contribution in [1.29, 1.82) is 0 Å². The van der Waals surface area contributed by atoms with Gasteiger partial charge in [0.2, 0.25) is 0 Å². The van der Waals surface area contributed by atoms with Crippen molar-refractivity contribution < 1.29 is 0 Å². The summed E-state index contributed by atoms with van der Waals surface area (Å²) >= 11 is 2.08. The van der Waals surface area contributed by atoms with E-state index >= 15 is 0 Å². The summed E-state index contributed by atoms with van der Waals surface area (Å²) in [5.74, 6) is 2.73. The Hall–Kier alpha value is 0.310. The van der Waals surface area contributed by atoms with Crippen LogP contribution in [0.2, 0.25) is 0 Å². The average molecular weight is 183 g/mol. The lowest BCUT2D eigenvalue weighted by Gasteiger charge is -2.55.